The highest BCUT2D eigenvalue weighted by molar-refractivity contribution is 5.85. The van der Waals surface area contributed by atoms with Crippen molar-refractivity contribution in [1.29, 1.82) is 0 Å². The number of alkyl halides is 3. The zero-order valence-electron chi connectivity index (χ0n) is 11.8. The maximum absolute atomic E-state index is 13.3. The summed E-state index contributed by atoms with van der Waals surface area (Å²) in [4.78, 5) is 10.5. The van der Waals surface area contributed by atoms with Gasteiger partial charge in [0.15, 0.2) is 5.69 Å². The van der Waals surface area contributed by atoms with Gasteiger partial charge in [0.25, 0.3) is 0 Å². The first-order valence-corrected chi connectivity index (χ1v) is 6.34. The molecule has 116 valence electrons. The van der Waals surface area contributed by atoms with Crippen LogP contribution in [-0.2, 0) is 11.0 Å². The number of aliphatic carboxylic acids is 1. The molecule has 22 heavy (non-hydrogen) atoms. The van der Waals surface area contributed by atoms with Crippen LogP contribution in [0.2, 0.25) is 0 Å². The summed E-state index contributed by atoms with van der Waals surface area (Å²) in [6.07, 6.45) is -2.12. The molecule has 1 aromatic heterocycles. The van der Waals surface area contributed by atoms with Crippen LogP contribution in [0.15, 0.2) is 30.5 Å². The van der Waals surface area contributed by atoms with Gasteiger partial charge in [-0.3, -0.25) is 0 Å². The lowest BCUT2D eigenvalue weighted by Gasteiger charge is -2.14. The highest BCUT2D eigenvalue weighted by Gasteiger charge is 2.38. The third-order valence-corrected chi connectivity index (χ3v) is 3.06. The summed E-state index contributed by atoms with van der Waals surface area (Å²) < 4.78 is 40.8. The Bertz CT molecular complexity index is 746. The molecule has 1 heterocycles. The summed E-state index contributed by atoms with van der Waals surface area (Å²) in [6, 6.07) is 5.10. The van der Waals surface area contributed by atoms with Crippen molar-refractivity contribution in [2.45, 2.75) is 20.0 Å². The Balaban J connectivity index is 2.67. The number of rotatable bonds is 3. The van der Waals surface area contributed by atoms with Gasteiger partial charge in [0.2, 0.25) is 0 Å². The Morgan fingerprint density at radius 3 is 2.59 bits per heavy atom. The average Bonchev–Trinajstić information content (AvgIpc) is 2.83. The first-order valence-electron chi connectivity index (χ1n) is 6.34. The van der Waals surface area contributed by atoms with E-state index < -0.39 is 17.8 Å². The molecule has 7 heteroatoms. The van der Waals surface area contributed by atoms with E-state index in [4.69, 9.17) is 5.11 Å². The van der Waals surface area contributed by atoms with E-state index in [0.717, 1.165) is 22.5 Å². The van der Waals surface area contributed by atoms with Gasteiger partial charge in [-0.2, -0.15) is 18.3 Å². The number of carboxylic acids is 1. The Labute approximate surface area is 124 Å². The highest BCUT2D eigenvalue weighted by Crippen LogP contribution is 2.34. The van der Waals surface area contributed by atoms with Crippen LogP contribution < -0.4 is 0 Å². The SMILES string of the molecule is Cc1ccc(C)c(-n2ncc(/C=C/C(=O)O)c2C(F)(F)F)c1. The monoisotopic (exact) mass is 310 g/mol. The lowest BCUT2D eigenvalue weighted by atomic mass is 10.1. The van der Waals surface area contributed by atoms with Gasteiger partial charge in [-0.15, -0.1) is 0 Å². The molecule has 1 N–H and O–H groups in total. The molecule has 0 unspecified atom stereocenters. The molecule has 1 aromatic carbocycles. The summed E-state index contributed by atoms with van der Waals surface area (Å²) >= 11 is 0. The number of halogens is 3. The van der Waals surface area contributed by atoms with Crippen LogP contribution in [0.25, 0.3) is 11.8 Å². The second kappa shape index (κ2) is 5.67. The molecule has 4 nitrogen and oxygen atoms in total. The fourth-order valence-electron chi connectivity index (χ4n) is 2.06. The first kappa shape index (κ1) is 15.8. The van der Waals surface area contributed by atoms with Gasteiger partial charge in [0, 0.05) is 11.6 Å². The largest absolute Gasteiger partial charge is 0.478 e. The number of nitrogens with zero attached hydrogens (tertiary/aromatic N) is 2. The summed E-state index contributed by atoms with van der Waals surface area (Å²) in [6.45, 7) is 3.45. The Morgan fingerprint density at radius 1 is 1.32 bits per heavy atom. The molecule has 0 atom stereocenters. The van der Waals surface area contributed by atoms with Gasteiger partial charge < -0.3 is 5.11 Å². The number of aromatic nitrogens is 2. The molecule has 0 bridgehead atoms. The molecular formula is C15H13F3N2O2. The molecule has 0 spiro atoms. The molecule has 0 fully saturated rings. The number of hydrogen-bond acceptors (Lipinski definition) is 2. The molecule has 0 saturated heterocycles. The quantitative estimate of drug-likeness (QED) is 0.881. The fourth-order valence-corrected chi connectivity index (χ4v) is 2.06. The minimum Gasteiger partial charge on any atom is -0.478 e. The molecule has 2 rings (SSSR count). The van der Waals surface area contributed by atoms with Crippen molar-refractivity contribution in [2.75, 3.05) is 0 Å². The minimum absolute atomic E-state index is 0.296. The minimum atomic E-state index is -4.66. The fraction of sp³-hybridized carbons (Fsp3) is 0.200. The van der Waals surface area contributed by atoms with E-state index >= 15 is 0 Å². The van der Waals surface area contributed by atoms with E-state index in [1.54, 1.807) is 32.0 Å². The average molecular weight is 310 g/mol. The van der Waals surface area contributed by atoms with Crippen molar-refractivity contribution in [1.82, 2.24) is 9.78 Å². The maximum atomic E-state index is 13.3. The van der Waals surface area contributed by atoms with E-state index in [1.807, 2.05) is 0 Å². The second-order valence-electron chi connectivity index (χ2n) is 4.82. The van der Waals surface area contributed by atoms with Crippen molar-refractivity contribution in [3.8, 4) is 5.69 Å². The van der Waals surface area contributed by atoms with E-state index in [9.17, 15) is 18.0 Å². The second-order valence-corrected chi connectivity index (χ2v) is 4.82. The van der Waals surface area contributed by atoms with Crippen LogP contribution in [0.4, 0.5) is 13.2 Å². The molecule has 0 aliphatic carbocycles. The van der Waals surface area contributed by atoms with Gasteiger partial charge in [-0.05, 0) is 37.1 Å². The van der Waals surface area contributed by atoms with Crippen LogP contribution in [0.3, 0.4) is 0 Å². The van der Waals surface area contributed by atoms with Gasteiger partial charge in [-0.25, -0.2) is 9.48 Å². The third-order valence-electron chi connectivity index (χ3n) is 3.06. The van der Waals surface area contributed by atoms with E-state index in [1.165, 1.54) is 0 Å². The number of carbonyl (C=O) groups is 1. The normalized spacial score (nSPS) is 12.0. The lowest BCUT2D eigenvalue weighted by Crippen LogP contribution is -2.15. The van der Waals surface area contributed by atoms with Crippen LogP contribution in [0.1, 0.15) is 22.4 Å². The van der Waals surface area contributed by atoms with Crippen LogP contribution >= 0.6 is 0 Å². The van der Waals surface area contributed by atoms with Crippen molar-refractivity contribution >= 4 is 12.0 Å². The highest BCUT2D eigenvalue weighted by atomic mass is 19.4. The molecule has 0 aliphatic rings. The third kappa shape index (κ3) is 3.19. The van der Waals surface area contributed by atoms with E-state index in [2.05, 4.69) is 5.10 Å². The molecule has 2 aromatic rings. The standard InChI is InChI=1S/C15H13F3N2O2/c1-9-3-4-10(2)12(7-9)20-14(15(16,17)18)11(8-19-20)5-6-13(21)22/h3-8H,1-2H3,(H,21,22)/b6-5+. The topological polar surface area (TPSA) is 55.1 Å². The van der Waals surface area contributed by atoms with Crippen LogP contribution in [0.5, 0.6) is 0 Å². The zero-order valence-corrected chi connectivity index (χ0v) is 11.8. The smallest absolute Gasteiger partial charge is 0.434 e. The summed E-state index contributed by atoms with van der Waals surface area (Å²) in [5.74, 6) is -1.33. The Morgan fingerprint density at radius 2 is 2.00 bits per heavy atom. The van der Waals surface area contributed by atoms with E-state index in [-0.39, 0.29) is 5.56 Å². The van der Waals surface area contributed by atoms with Crippen molar-refractivity contribution in [3.63, 3.8) is 0 Å². The zero-order chi connectivity index (χ0) is 16.5. The van der Waals surface area contributed by atoms with Gasteiger partial charge in [0.05, 0.1) is 11.9 Å². The Kier molecular flexibility index (Phi) is 4.07. The molecule has 0 radical (unpaired) electrons. The van der Waals surface area contributed by atoms with Gasteiger partial charge in [0.1, 0.15) is 0 Å². The molecule has 0 aliphatic heterocycles. The Hall–Kier alpha value is -2.57. The molecular weight excluding hydrogens is 297 g/mol. The molecule has 0 amide bonds. The van der Waals surface area contributed by atoms with Crippen LogP contribution in [0, 0.1) is 13.8 Å². The van der Waals surface area contributed by atoms with Crippen molar-refractivity contribution in [3.05, 3.63) is 52.9 Å². The number of aryl methyl sites for hydroxylation is 2. The van der Waals surface area contributed by atoms with Crippen LogP contribution in [-0.4, -0.2) is 20.9 Å². The summed E-state index contributed by atoms with van der Waals surface area (Å²) in [7, 11) is 0. The maximum Gasteiger partial charge on any atom is 0.434 e. The predicted molar refractivity (Wildman–Crippen MR) is 74.7 cm³/mol. The summed E-state index contributed by atoms with van der Waals surface area (Å²) in [5, 5.41) is 12.4. The first-order chi connectivity index (χ1) is 10.2. The van der Waals surface area contributed by atoms with Crippen molar-refractivity contribution < 1.29 is 23.1 Å². The van der Waals surface area contributed by atoms with Gasteiger partial charge in [-0.1, -0.05) is 12.1 Å². The predicted octanol–water partition coefficient (Wildman–Crippen LogP) is 3.61. The van der Waals surface area contributed by atoms with E-state index in [0.29, 0.717) is 17.3 Å². The lowest BCUT2D eigenvalue weighted by molar-refractivity contribution is -0.143. The van der Waals surface area contributed by atoms with Crippen molar-refractivity contribution in [2.24, 2.45) is 0 Å². The van der Waals surface area contributed by atoms with Gasteiger partial charge >= 0.3 is 12.1 Å². The summed E-state index contributed by atoms with van der Waals surface area (Å²) in [5.41, 5.74) is 0.441. The number of carboxylic acid groups (broad SMARTS) is 1. The number of hydrogen-bond donors (Lipinski definition) is 1. The number of benzene rings is 1. The molecule has 0 saturated carbocycles.